The Morgan fingerprint density at radius 1 is 1.11 bits per heavy atom. The molecule has 0 spiro atoms. The zero-order valence-corrected chi connectivity index (χ0v) is 19.5. The average Bonchev–Trinajstić information content (AvgIpc) is 3.22. The SMILES string of the molecule is CN=C(NCCCCSC)NCc1cccc(C(=O)NCc2ccco2)c1.I. The van der Waals surface area contributed by atoms with Crippen molar-refractivity contribution in [2.24, 2.45) is 4.99 Å². The number of nitrogens with zero attached hydrogens (tertiary/aromatic N) is 1. The maximum absolute atomic E-state index is 12.3. The lowest BCUT2D eigenvalue weighted by molar-refractivity contribution is 0.0948. The normalized spacial score (nSPS) is 10.9. The van der Waals surface area contributed by atoms with Crippen LogP contribution in [0.15, 0.2) is 52.1 Å². The van der Waals surface area contributed by atoms with Crippen molar-refractivity contribution in [3.63, 3.8) is 0 Å². The first-order valence-electron chi connectivity index (χ1n) is 9.06. The van der Waals surface area contributed by atoms with E-state index in [1.165, 1.54) is 12.2 Å². The minimum Gasteiger partial charge on any atom is -0.467 e. The summed E-state index contributed by atoms with van der Waals surface area (Å²) in [6, 6.07) is 11.2. The van der Waals surface area contributed by atoms with E-state index >= 15 is 0 Å². The molecule has 0 saturated carbocycles. The van der Waals surface area contributed by atoms with Gasteiger partial charge in [-0.05, 0) is 54.7 Å². The van der Waals surface area contributed by atoms with Crippen molar-refractivity contribution in [2.45, 2.75) is 25.9 Å². The summed E-state index contributed by atoms with van der Waals surface area (Å²) in [6.45, 7) is 1.88. The largest absolute Gasteiger partial charge is 0.467 e. The molecule has 0 aliphatic carbocycles. The monoisotopic (exact) mass is 516 g/mol. The predicted octanol–water partition coefficient (Wildman–Crippen LogP) is 3.64. The second-order valence-electron chi connectivity index (χ2n) is 6.01. The number of nitrogens with one attached hydrogen (secondary N) is 3. The van der Waals surface area contributed by atoms with Gasteiger partial charge in [-0.25, -0.2) is 0 Å². The van der Waals surface area contributed by atoms with Gasteiger partial charge >= 0.3 is 0 Å². The van der Waals surface area contributed by atoms with Crippen molar-refractivity contribution in [1.82, 2.24) is 16.0 Å². The van der Waals surface area contributed by atoms with Gasteiger partial charge in [0.1, 0.15) is 5.76 Å². The Bertz CT molecular complexity index is 723. The van der Waals surface area contributed by atoms with E-state index in [-0.39, 0.29) is 29.9 Å². The molecule has 0 radical (unpaired) electrons. The van der Waals surface area contributed by atoms with Crippen LogP contribution in [0.2, 0.25) is 0 Å². The molecule has 1 heterocycles. The Balaban J connectivity index is 0.00000392. The molecule has 3 N–H and O–H groups in total. The molecule has 0 bridgehead atoms. The molecule has 2 rings (SSSR count). The average molecular weight is 516 g/mol. The van der Waals surface area contributed by atoms with E-state index in [0.29, 0.717) is 18.7 Å². The number of hydrogen-bond acceptors (Lipinski definition) is 4. The van der Waals surface area contributed by atoms with Crippen molar-refractivity contribution < 1.29 is 9.21 Å². The molecule has 28 heavy (non-hydrogen) atoms. The van der Waals surface area contributed by atoms with Crippen molar-refractivity contribution in [2.75, 3.05) is 25.6 Å². The summed E-state index contributed by atoms with van der Waals surface area (Å²) in [4.78, 5) is 16.5. The van der Waals surface area contributed by atoms with E-state index in [9.17, 15) is 4.79 Å². The fraction of sp³-hybridized carbons (Fsp3) is 0.400. The van der Waals surface area contributed by atoms with E-state index < -0.39 is 0 Å². The summed E-state index contributed by atoms with van der Waals surface area (Å²) in [6.07, 6.45) is 6.03. The van der Waals surface area contributed by atoms with Crippen LogP contribution in [0, 0.1) is 0 Å². The first kappa shape index (κ1) is 24.4. The summed E-state index contributed by atoms with van der Waals surface area (Å²) in [5, 5.41) is 9.45. The van der Waals surface area contributed by atoms with Gasteiger partial charge in [-0.2, -0.15) is 11.8 Å². The van der Waals surface area contributed by atoms with Crippen LogP contribution in [0.3, 0.4) is 0 Å². The maximum atomic E-state index is 12.3. The summed E-state index contributed by atoms with van der Waals surface area (Å²) >= 11 is 1.87. The Morgan fingerprint density at radius 3 is 2.68 bits per heavy atom. The second-order valence-corrected chi connectivity index (χ2v) is 7.00. The minimum absolute atomic E-state index is 0. The van der Waals surface area contributed by atoms with Crippen molar-refractivity contribution in [3.05, 3.63) is 59.5 Å². The molecule has 0 saturated heterocycles. The van der Waals surface area contributed by atoms with Crippen LogP contribution >= 0.6 is 35.7 Å². The lowest BCUT2D eigenvalue weighted by atomic mass is 10.1. The van der Waals surface area contributed by atoms with Crippen molar-refractivity contribution >= 4 is 47.6 Å². The third-order valence-electron chi connectivity index (χ3n) is 3.94. The van der Waals surface area contributed by atoms with Gasteiger partial charge in [0.25, 0.3) is 5.91 Å². The number of thioether (sulfide) groups is 1. The molecule has 1 amide bonds. The number of unbranched alkanes of at least 4 members (excludes halogenated alkanes) is 1. The molecule has 0 fully saturated rings. The fourth-order valence-electron chi connectivity index (χ4n) is 2.49. The highest BCUT2D eigenvalue weighted by Gasteiger charge is 2.07. The smallest absolute Gasteiger partial charge is 0.251 e. The van der Waals surface area contributed by atoms with Gasteiger partial charge in [-0.15, -0.1) is 24.0 Å². The van der Waals surface area contributed by atoms with Crippen molar-refractivity contribution in [3.8, 4) is 0 Å². The van der Waals surface area contributed by atoms with Gasteiger partial charge < -0.3 is 20.4 Å². The van der Waals surface area contributed by atoms with Crippen LogP contribution in [0.25, 0.3) is 0 Å². The summed E-state index contributed by atoms with van der Waals surface area (Å²) in [5.41, 5.74) is 1.65. The number of benzene rings is 1. The number of guanidine groups is 1. The number of aliphatic imine (C=N–C) groups is 1. The molecule has 1 aromatic heterocycles. The number of halogens is 1. The molecule has 6 nitrogen and oxygen atoms in total. The van der Waals surface area contributed by atoms with Crippen LogP contribution in [0.5, 0.6) is 0 Å². The highest BCUT2D eigenvalue weighted by atomic mass is 127. The first-order valence-corrected chi connectivity index (χ1v) is 10.5. The number of carbonyl (C=O) groups excluding carboxylic acids is 1. The Morgan fingerprint density at radius 2 is 1.96 bits per heavy atom. The van der Waals surface area contributed by atoms with Crippen LogP contribution in [-0.4, -0.2) is 37.5 Å². The van der Waals surface area contributed by atoms with Crippen molar-refractivity contribution in [1.29, 1.82) is 0 Å². The molecular weight excluding hydrogens is 487 g/mol. The molecule has 0 atom stereocenters. The molecule has 0 aliphatic heterocycles. The second kappa shape index (κ2) is 14.3. The maximum Gasteiger partial charge on any atom is 0.251 e. The van der Waals surface area contributed by atoms with Gasteiger partial charge in [0, 0.05) is 25.7 Å². The number of rotatable bonds is 10. The van der Waals surface area contributed by atoms with Gasteiger partial charge in [-0.1, -0.05) is 12.1 Å². The van der Waals surface area contributed by atoms with Crippen LogP contribution in [0.4, 0.5) is 0 Å². The standard InChI is InChI=1S/C20H28N4O2S.HI/c1-21-20(22-10-3-4-12-27-2)24-14-16-7-5-8-17(13-16)19(25)23-15-18-9-6-11-26-18;/h5-9,11,13H,3-4,10,12,14-15H2,1-2H3,(H,23,25)(H2,21,22,24);1H. The molecule has 0 unspecified atom stereocenters. The zero-order chi connectivity index (χ0) is 19.3. The van der Waals surface area contributed by atoms with E-state index in [4.69, 9.17) is 4.42 Å². The van der Waals surface area contributed by atoms with Gasteiger partial charge in [0.15, 0.2) is 5.96 Å². The van der Waals surface area contributed by atoms with Gasteiger partial charge in [0.2, 0.25) is 0 Å². The number of carbonyl (C=O) groups is 1. The molecule has 0 aliphatic rings. The Hall–Kier alpha value is -1.68. The lowest BCUT2D eigenvalue weighted by Crippen LogP contribution is -2.37. The van der Waals surface area contributed by atoms with E-state index in [2.05, 4.69) is 27.2 Å². The lowest BCUT2D eigenvalue weighted by Gasteiger charge is -2.12. The van der Waals surface area contributed by atoms with Crippen LogP contribution in [0.1, 0.15) is 34.5 Å². The Kier molecular flexibility index (Phi) is 12.5. The highest BCUT2D eigenvalue weighted by molar-refractivity contribution is 14.0. The summed E-state index contributed by atoms with van der Waals surface area (Å²) in [7, 11) is 1.76. The quantitative estimate of drug-likeness (QED) is 0.195. The van der Waals surface area contributed by atoms with Crippen LogP contribution < -0.4 is 16.0 Å². The predicted molar refractivity (Wildman–Crippen MR) is 128 cm³/mol. The molecule has 154 valence electrons. The first-order chi connectivity index (χ1) is 13.2. The highest BCUT2D eigenvalue weighted by Crippen LogP contribution is 2.06. The summed E-state index contributed by atoms with van der Waals surface area (Å²) in [5.74, 6) is 2.56. The molecule has 1 aromatic carbocycles. The van der Waals surface area contributed by atoms with Gasteiger partial charge in [-0.3, -0.25) is 9.79 Å². The van der Waals surface area contributed by atoms with Crippen LogP contribution in [-0.2, 0) is 13.1 Å². The van der Waals surface area contributed by atoms with E-state index in [1.807, 2.05) is 36.0 Å². The number of hydrogen-bond donors (Lipinski definition) is 3. The molecule has 8 heteroatoms. The summed E-state index contributed by atoms with van der Waals surface area (Å²) < 4.78 is 5.23. The zero-order valence-electron chi connectivity index (χ0n) is 16.4. The molecular formula is C20H29IN4O2S. The third kappa shape index (κ3) is 9.01. The Labute approximate surface area is 188 Å². The minimum atomic E-state index is -0.121. The number of amides is 1. The topological polar surface area (TPSA) is 78.7 Å². The fourth-order valence-corrected chi connectivity index (χ4v) is 2.98. The van der Waals surface area contributed by atoms with E-state index in [1.54, 1.807) is 25.4 Å². The van der Waals surface area contributed by atoms with E-state index in [0.717, 1.165) is 30.2 Å². The van der Waals surface area contributed by atoms with Gasteiger partial charge in [0.05, 0.1) is 12.8 Å². The number of furan rings is 1. The third-order valence-corrected chi connectivity index (χ3v) is 4.64. The molecule has 2 aromatic rings.